The fourth-order valence-electron chi connectivity index (χ4n) is 9.64. The number of rotatable bonds is 14. The monoisotopic (exact) mass is 763 g/mol. The van der Waals surface area contributed by atoms with E-state index in [-0.39, 0.29) is 50.1 Å². The van der Waals surface area contributed by atoms with Crippen LogP contribution in [0.3, 0.4) is 0 Å². The van der Waals surface area contributed by atoms with Crippen molar-refractivity contribution in [2.45, 2.75) is 93.8 Å². The molecule has 0 spiro atoms. The van der Waals surface area contributed by atoms with Gasteiger partial charge in [-0.3, -0.25) is 19.2 Å². The maximum absolute atomic E-state index is 15.5. The lowest BCUT2D eigenvalue weighted by Crippen LogP contribution is -2.70. The Labute approximate surface area is 326 Å². The number of phenolic OH excluding ortho intramolecular Hbond substituents is 1. The molecule has 3 saturated heterocycles. The molecule has 0 aromatic heterocycles. The van der Waals surface area contributed by atoms with E-state index in [1.54, 1.807) is 24.2 Å². The van der Waals surface area contributed by atoms with Gasteiger partial charge in [-0.15, -0.1) is 0 Å². The molecule has 56 heavy (non-hydrogen) atoms. The van der Waals surface area contributed by atoms with Crippen LogP contribution in [0, 0.1) is 17.3 Å². The first kappa shape index (κ1) is 37.0. The smallest absolute Gasteiger partial charge is 0.327 e. The number of nitrogens with zero attached hydrogens (tertiary/aromatic N) is 2. The number of carbonyl (C=O) groups excluding carboxylic acids is 3. The molecule has 7 atom stereocenters. The summed E-state index contributed by atoms with van der Waals surface area (Å²) in [5.74, 6) is -1.42. The summed E-state index contributed by atoms with van der Waals surface area (Å²) < 4.78 is 20.2. The van der Waals surface area contributed by atoms with E-state index >= 15 is 4.79 Å². The van der Waals surface area contributed by atoms with E-state index in [1.807, 2.05) is 78.9 Å². The highest BCUT2D eigenvalue weighted by Gasteiger charge is 2.78. The van der Waals surface area contributed by atoms with Crippen LogP contribution in [-0.4, -0.2) is 100 Å². The number of amides is 2. The molecule has 3 saturated carbocycles. The molecule has 3 aromatic carbocycles. The number of nitrogens with one attached hydrogen (secondary N) is 1. The first-order valence-electron chi connectivity index (χ1n) is 19.9. The first-order valence-corrected chi connectivity index (χ1v) is 19.9. The van der Waals surface area contributed by atoms with E-state index in [0.717, 1.165) is 47.9 Å². The number of aliphatic hydroxyl groups is 1. The highest BCUT2D eigenvalue weighted by atomic mass is 16.8. The number of benzene rings is 3. The van der Waals surface area contributed by atoms with Crippen LogP contribution in [0.1, 0.15) is 54.4 Å². The standard InChI is InChI=1S/C44H49N3O9/c1-46(33(40(50)45-21-22-48)24-28-9-3-2-4-10-28)42(52)43-25-35-36-37(55-44(54-36,31-17-18-31)32-19-20-32)39(43)56-47(38(43)41(51)53-35)26-29-13-7-11-27(23-29)12-8-15-30-14-5-6-16-34(30)49/h2-14,16,23,31-33,35-39,48-49H,15,17-22,24-26H2,1H3,(H,45,50). The molecule has 0 radical (unpaired) electrons. The van der Waals surface area contributed by atoms with Crippen LogP contribution >= 0.6 is 0 Å². The Kier molecular flexibility index (Phi) is 9.73. The van der Waals surface area contributed by atoms with E-state index in [1.165, 1.54) is 4.90 Å². The Bertz CT molecular complexity index is 1990. The molecule has 6 fully saturated rings. The van der Waals surface area contributed by atoms with Gasteiger partial charge in [-0.2, -0.15) is 5.06 Å². The van der Waals surface area contributed by atoms with Crippen LogP contribution in [0.15, 0.2) is 84.9 Å². The highest BCUT2D eigenvalue weighted by molar-refractivity contribution is 5.96. The molecule has 2 amide bonds. The number of esters is 1. The number of likely N-dealkylation sites (N-methyl/N-ethyl adjacent to an activating group) is 1. The molecule has 2 bridgehead atoms. The van der Waals surface area contributed by atoms with Crippen LogP contribution in [0.4, 0.5) is 0 Å². The molecule has 6 aliphatic rings. The normalized spacial score (nSPS) is 29.5. The van der Waals surface area contributed by atoms with Crippen LogP contribution < -0.4 is 5.32 Å². The largest absolute Gasteiger partial charge is 0.508 e. The molecule has 7 unspecified atom stereocenters. The zero-order valence-corrected chi connectivity index (χ0v) is 31.5. The van der Waals surface area contributed by atoms with Crippen molar-refractivity contribution in [2.24, 2.45) is 17.3 Å². The summed E-state index contributed by atoms with van der Waals surface area (Å²) in [6.45, 7) is -0.0281. The fourth-order valence-corrected chi connectivity index (χ4v) is 9.64. The zero-order chi connectivity index (χ0) is 38.6. The number of para-hydroxylation sites is 1. The number of hydroxylamine groups is 2. The fraction of sp³-hybridized carbons (Fsp3) is 0.477. The van der Waals surface area contributed by atoms with Gasteiger partial charge < -0.3 is 34.6 Å². The summed E-state index contributed by atoms with van der Waals surface area (Å²) in [5.41, 5.74) is 2.03. The van der Waals surface area contributed by atoms with Crippen LogP contribution in [-0.2, 0) is 52.8 Å². The summed E-state index contributed by atoms with van der Waals surface area (Å²) in [5, 5.41) is 24.1. The van der Waals surface area contributed by atoms with Crippen molar-refractivity contribution in [1.29, 1.82) is 0 Å². The molecule has 12 heteroatoms. The Balaban J connectivity index is 1.05. The summed E-state index contributed by atoms with van der Waals surface area (Å²) in [7, 11) is 1.61. The van der Waals surface area contributed by atoms with Crippen LogP contribution in [0.2, 0.25) is 0 Å². The maximum Gasteiger partial charge on any atom is 0.327 e. The van der Waals surface area contributed by atoms with Crippen molar-refractivity contribution in [3.05, 3.63) is 107 Å². The second-order valence-corrected chi connectivity index (χ2v) is 16.3. The second kappa shape index (κ2) is 14.7. The number of ether oxygens (including phenoxy) is 3. The minimum Gasteiger partial charge on any atom is -0.508 e. The lowest BCUT2D eigenvalue weighted by atomic mass is 9.62. The summed E-state index contributed by atoms with van der Waals surface area (Å²) in [6.07, 6.45) is 6.02. The van der Waals surface area contributed by atoms with Gasteiger partial charge in [0.15, 0.2) is 11.8 Å². The molecule has 294 valence electrons. The number of aromatic hydroxyl groups is 1. The van der Waals surface area contributed by atoms with Gasteiger partial charge in [0, 0.05) is 38.3 Å². The quantitative estimate of drug-likeness (QED) is 0.207. The summed E-state index contributed by atoms with van der Waals surface area (Å²) in [4.78, 5) is 52.0. The molecule has 3 aromatic rings. The molecule has 9 rings (SSSR count). The number of hydrogen-bond acceptors (Lipinski definition) is 10. The molecule has 3 heterocycles. The minimum absolute atomic E-state index is 0.0379. The van der Waals surface area contributed by atoms with Crippen molar-refractivity contribution >= 4 is 23.9 Å². The van der Waals surface area contributed by atoms with Gasteiger partial charge in [-0.05, 0) is 60.4 Å². The minimum atomic E-state index is -1.44. The summed E-state index contributed by atoms with van der Waals surface area (Å²) >= 11 is 0. The predicted molar refractivity (Wildman–Crippen MR) is 203 cm³/mol. The van der Waals surface area contributed by atoms with Crippen molar-refractivity contribution in [1.82, 2.24) is 15.3 Å². The third-order valence-corrected chi connectivity index (χ3v) is 12.6. The van der Waals surface area contributed by atoms with Crippen molar-refractivity contribution in [2.75, 3.05) is 20.2 Å². The van der Waals surface area contributed by atoms with Crippen molar-refractivity contribution in [3.8, 4) is 5.75 Å². The van der Waals surface area contributed by atoms with Gasteiger partial charge in [0.25, 0.3) is 0 Å². The molecule has 12 nitrogen and oxygen atoms in total. The Morgan fingerprint density at radius 2 is 1.68 bits per heavy atom. The summed E-state index contributed by atoms with van der Waals surface area (Å²) in [6, 6.07) is 22.5. The Morgan fingerprint density at radius 1 is 0.964 bits per heavy atom. The van der Waals surface area contributed by atoms with Gasteiger partial charge >= 0.3 is 5.97 Å². The van der Waals surface area contributed by atoms with Crippen molar-refractivity contribution in [3.63, 3.8) is 0 Å². The van der Waals surface area contributed by atoms with E-state index in [0.29, 0.717) is 6.42 Å². The van der Waals surface area contributed by atoms with E-state index in [4.69, 9.17) is 19.0 Å². The van der Waals surface area contributed by atoms with Gasteiger partial charge in [-0.1, -0.05) is 84.9 Å². The first-order chi connectivity index (χ1) is 27.2. The molecular formula is C44H49N3O9. The maximum atomic E-state index is 15.5. The molecule has 3 aliphatic carbocycles. The highest BCUT2D eigenvalue weighted by Crippen LogP contribution is 2.64. The predicted octanol–water partition coefficient (Wildman–Crippen LogP) is 3.93. The van der Waals surface area contributed by atoms with Crippen molar-refractivity contribution < 1.29 is 43.6 Å². The lowest BCUT2D eigenvalue weighted by Gasteiger charge is -2.50. The third-order valence-electron chi connectivity index (χ3n) is 12.6. The van der Waals surface area contributed by atoms with E-state index in [2.05, 4.69) is 5.32 Å². The number of phenols is 1. The van der Waals surface area contributed by atoms with Crippen LogP contribution in [0.25, 0.3) is 6.08 Å². The lowest BCUT2D eigenvalue weighted by molar-refractivity contribution is -0.235. The number of allylic oxidation sites excluding steroid dienone is 1. The van der Waals surface area contributed by atoms with Gasteiger partial charge in [0.1, 0.15) is 41.6 Å². The topological polar surface area (TPSA) is 147 Å². The van der Waals surface area contributed by atoms with Gasteiger partial charge in [0.05, 0.1) is 13.2 Å². The average molecular weight is 764 g/mol. The zero-order valence-electron chi connectivity index (χ0n) is 31.5. The van der Waals surface area contributed by atoms with Gasteiger partial charge in [-0.25, -0.2) is 0 Å². The Morgan fingerprint density at radius 3 is 2.41 bits per heavy atom. The Hall–Kier alpha value is -4.59. The number of fused-ring (bicyclic) bond motifs is 4. The molecule has 3 N–H and O–H groups in total. The van der Waals surface area contributed by atoms with Gasteiger partial charge in [0.2, 0.25) is 11.8 Å². The average Bonchev–Trinajstić information content (AvgIpc) is 4.16. The van der Waals surface area contributed by atoms with E-state index in [9.17, 15) is 19.8 Å². The molecular weight excluding hydrogens is 714 g/mol. The number of hydrogen-bond donors (Lipinski definition) is 3. The van der Waals surface area contributed by atoms with E-state index < -0.39 is 65.5 Å². The second-order valence-electron chi connectivity index (χ2n) is 16.3. The SMILES string of the molecule is CN(C(=O)C12CC3OC(=O)C1N(Cc1cccc(C=CCc4ccccc4O)c1)OC2C1OC(C2CC2)(C2CC2)OC31)C(Cc1ccccc1)C(=O)NCCO. The third kappa shape index (κ3) is 6.51. The number of aliphatic hydroxyl groups excluding tert-OH is 1. The number of carbonyl (C=O) groups is 3. The van der Waals surface area contributed by atoms with Crippen LogP contribution in [0.5, 0.6) is 5.75 Å². The molecule has 3 aliphatic heterocycles.